The van der Waals surface area contributed by atoms with E-state index in [0.29, 0.717) is 11.5 Å². The maximum atomic E-state index is 10.9. The summed E-state index contributed by atoms with van der Waals surface area (Å²) in [5, 5.41) is 14.4. The van der Waals surface area contributed by atoms with Crippen molar-refractivity contribution in [3.8, 4) is 0 Å². The fourth-order valence-corrected chi connectivity index (χ4v) is 2.77. The van der Waals surface area contributed by atoms with Gasteiger partial charge in [-0.2, -0.15) is 0 Å². The molecular weight excluding hydrogens is 260 g/mol. The lowest BCUT2D eigenvalue weighted by Crippen LogP contribution is -2.11. The van der Waals surface area contributed by atoms with Crippen LogP contribution < -0.4 is 5.32 Å². The van der Waals surface area contributed by atoms with Crippen molar-refractivity contribution in [2.45, 2.75) is 26.3 Å². The second-order valence-corrected chi connectivity index (χ2v) is 5.23. The molecule has 4 nitrogen and oxygen atoms in total. The van der Waals surface area contributed by atoms with E-state index in [1.165, 1.54) is 4.88 Å². The molecule has 0 aliphatic carbocycles. The number of nitrogens with zero attached hydrogens (tertiary/aromatic N) is 1. The van der Waals surface area contributed by atoms with Crippen LogP contribution in [0.5, 0.6) is 0 Å². The standard InChI is InChI=1S/C14H16N2O2S/c1-3-11(12-5-4-8-19-12)16-13-7-6-10(14(17)18)9(2)15-13/h4-8,11H,3H2,1-2H3,(H,15,16)(H,17,18). The number of aromatic nitrogens is 1. The van der Waals surface area contributed by atoms with Crippen LogP contribution in [0.25, 0.3) is 0 Å². The number of aryl methyl sites for hydroxylation is 1. The molecule has 0 fully saturated rings. The van der Waals surface area contributed by atoms with Gasteiger partial charge in [0, 0.05) is 4.88 Å². The van der Waals surface area contributed by atoms with E-state index >= 15 is 0 Å². The predicted molar refractivity (Wildman–Crippen MR) is 76.9 cm³/mol. The molecule has 0 saturated heterocycles. The molecule has 2 N–H and O–H groups in total. The lowest BCUT2D eigenvalue weighted by atomic mass is 10.1. The minimum atomic E-state index is -0.943. The number of pyridine rings is 1. The van der Waals surface area contributed by atoms with Crippen molar-refractivity contribution in [2.24, 2.45) is 0 Å². The zero-order valence-corrected chi connectivity index (χ0v) is 11.7. The van der Waals surface area contributed by atoms with Gasteiger partial charge in [0.25, 0.3) is 0 Å². The van der Waals surface area contributed by atoms with E-state index in [2.05, 4.69) is 23.3 Å². The maximum Gasteiger partial charge on any atom is 0.337 e. The van der Waals surface area contributed by atoms with Crippen molar-refractivity contribution in [2.75, 3.05) is 5.32 Å². The first-order valence-electron chi connectivity index (χ1n) is 6.12. The average molecular weight is 276 g/mol. The Kier molecular flexibility index (Phi) is 4.16. The molecule has 0 saturated carbocycles. The summed E-state index contributed by atoms with van der Waals surface area (Å²) in [4.78, 5) is 16.5. The van der Waals surface area contributed by atoms with Crippen molar-refractivity contribution in [1.29, 1.82) is 0 Å². The number of hydrogen-bond acceptors (Lipinski definition) is 4. The minimum absolute atomic E-state index is 0.211. The molecule has 2 aromatic heterocycles. The summed E-state index contributed by atoms with van der Waals surface area (Å²) in [6.07, 6.45) is 0.946. The van der Waals surface area contributed by atoms with Gasteiger partial charge in [0.1, 0.15) is 5.82 Å². The highest BCUT2D eigenvalue weighted by molar-refractivity contribution is 7.10. The van der Waals surface area contributed by atoms with E-state index in [0.717, 1.165) is 6.42 Å². The van der Waals surface area contributed by atoms with Crippen molar-refractivity contribution in [3.63, 3.8) is 0 Å². The van der Waals surface area contributed by atoms with E-state index < -0.39 is 5.97 Å². The Labute approximate surface area is 116 Å². The molecule has 0 spiro atoms. The van der Waals surface area contributed by atoms with Gasteiger partial charge in [-0.15, -0.1) is 11.3 Å². The molecule has 0 aromatic carbocycles. The Hall–Kier alpha value is -1.88. The van der Waals surface area contributed by atoms with Gasteiger partial charge in [-0.25, -0.2) is 9.78 Å². The molecule has 0 amide bonds. The lowest BCUT2D eigenvalue weighted by molar-refractivity contribution is 0.0695. The third-order valence-corrected chi connectivity index (χ3v) is 3.92. The third kappa shape index (κ3) is 3.12. The van der Waals surface area contributed by atoms with Crippen LogP contribution in [0.1, 0.15) is 40.3 Å². The molecule has 0 aliphatic rings. The molecule has 2 aromatic rings. The molecule has 1 atom stereocenters. The maximum absolute atomic E-state index is 10.9. The average Bonchev–Trinajstić information content (AvgIpc) is 2.89. The zero-order chi connectivity index (χ0) is 13.8. The van der Waals surface area contributed by atoms with E-state index in [-0.39, 0.29) is 11.6 Å². The van der Waals surface area contributed by atoms with Crippen LogP contribution in [0, 0.1) is 6.92 Å². The van der Waals surface area contributed by atoms with Gasteiger partial charge >= 0.3 is 5.97 Å². The minimum Gasteiger partial charge on any atom is -0.478 e. The smallest absolute Gasteiger partial charge is 0.337 e. The van der Waals surface area contributed by atoms with Crippen LogP contribution in [0.3, 0.4) is 0 Å². The van der Waals surface area contributed by atoms with Gasteiger partial charge in [0.2, 0.25) is 0 Å². The first kappa shape index (κ1) is 13.5. The summed E-state index contributed by atoms with van der Waals surface area (Å²) in [6.45, 7) is 3.82. The number of hydrogen-bond donors (Lipinski definition) is 2. The number of carbonyl (C=O) groups is 1. The van der Waals surface area contributed by atoms with Crippen molar-refractivity contribution in [3.05, 3.63) is 45.8 Å². The molecule has 19 heavy (non-hydrogen) atoms. The lowest BCUT2D eigenvalue weighted by Gasteiger charge is -2.16. The van der Waals surface area contributed by atoms with E-state index in [9.17, 15) is 4.79 Å². The number of aromatic carboxylic acids is 1. The number of anilines is 1. The summed E-state index contributed by atoms with van der Waals surface area (Å²) in [7, 11) is 0. The van der Waals surface area contributed by atoms with Crippen molar-refractivity contribution >= 4 is 23.1 Å². The fourth-order valence-electron chi connectivity index (χ4n) is 1.91. The largest absolute Gasteiger partial charge is 0.478 e. The van der Waals surface area contributed by atoms with Gasteiger partial charge in [-0.1, -0.05) is 13.0 Å². The van der Waals surface area contributed by atoms with Gasteiger partial charge in [0.05, 0.1) is 17.3 Å². The Morgan fingerprint density at radius 2 is 2.26 bits per heavy atom. The van der Waals surface area contributed by atoms with Crippen LogP contribution in [0.2, 0.25) is 0 Å². The molecule has 2 rings (SSSR count). The van der Waals surface area contributed by atoms with Gasteiger partial charge in [0.15, 0.2) is 0 Å². The van der Waals surface area contributed by atoms with Crippen LogP contribution in [0.4, 0.5) is 5.82 Å². The number of nitrogens with one attached hydrogen (secondary N) is 1. The number of carboxylic acids is 1. The second-order valence-electron chi connectivity index (χ2n) is 4.26. The van der Waals surface area contributed by atoms with Crippen LogP contribution in [-0.4, -0.2) is 16.1 Å². The van der Waals surface area contributed by atoms with Gasteiger partial charge in [-0.3, -0.25) is 0 Å². The molecule has 0 bridgehead atoms. The van der Waals surface area contributed by atoms with Crippen LogP contribution >= 0.6 is 11.3 Å². The van der Waals surface area contributed by atoms with Crippen molar-refractivity contribution in [1.82, 2.24) is 4.98 Å². The summed E-state index contributed by atoms with van der Waals surface area (Å²) < 4.78 is 0. The molecule has 1 unspecified atom stereocenters. The summed E-state index contributed by atoms with van der Waals surface area (Å²) in [6, 6.07) is 7.63. The molecule has 0 radical (unpaired) electrons. The Morgan fingerprint density at radius 3 is 2.79 bits per heavy atom. The zero-order valence-electron chi connectivity index (χ0n) is 10.9. The van der Waals surface area contributed by atoms with E-state index in [1.807, 2.05) is 11.4 Å². The highest BCUT2D eigenvalue weighted by Crippen LogP contribution is 2.25. The fraction of sp³-hybridized carbons (Fsp3) is 0.286. The van der Waals surface area contributed by atoms with Crippen LogP contribution in [0.15, 0.2) is 29.6 Å². The normalized spacial score (nSPS) is 12.1. The summed E-state index contributed by atoms with van der Waals surface area (Å²) >= 11 is 1.70. The quantitative estimate of drug-likeness (QED) is 0.873. The number of rotatable bonds is 5. The monoisotopic (exact) mass is 276 g/mol. The van der Waals surface area contributed by atoms with Gasteiger partial charge in [-0.05, 0) is 36.9 Å². The SMILES string of the molecule is CCC(Nc1ccc(C(=O)O)c(C)n1)c1cccs1. The highest BCUT2D eigenvalue weighted by Gasteiger charge is 2.13. The summed E-state index contributed by atoms with van der Waals surface area (Å²) in [5.41, 5.74) is 0.772. The molecule has 100 valence electrons. The molecule has 5 heteroatoms. The summed E-state index contributed by atoms with van der Waals surface area (Å²) in [5.74, 6) is -0.232. The topological polar surface area (TPSA) is 62.2 Å². The molecule has 2 heterocycles. The Morgan fingerprint density at radius 1 is 1.47 bits per heavy atom. The van der Waals surface area contributed by atoms with Crippen LogP contribution in [-0.2, 0) is 0 Å². The predicted octanol–water partition coefficient (Wildman–Crippen LogP) is 3.71. The molecule has 0 aliphatic heterocycles. The highest BCUT2D eigenvalue weighted by atomic mass is 32.1. The second kappa shape index (κ2) is 5.84. The number of thiophene rings is 1. The Bertz CT molecular complexity index is 567. The van der Waals surface area contributed by atoms with Gasteiger partial charge < -0.3 is 10.4 Å². The Balaban J connectivity index is 2.19. The van der Waals surface area contributed by atoms with Crippen molar-refractivity contribution < 1.29 is 9.90 Å². The number of carboxylic acid groups (broad SMARTS) is 1. The first-order chi connectivity index (χ1) is 9.11. The first-order valence-corrected chi connectivity index (χ1v) is 7.00. The third-order valence-electron chi connectivity index (χ3n) is 2.93. The van der Waals surface area contributed by atoms with E-state index in [1.54, 1.807) is 30.4 Å². The molecular formula is C14H16N2O2S. The van der Waals surface area contributed by atoms with E-state index in [4.69, 9.17) is 5.11 Å².